The van der Waals surface area contributed by atoms with Crippen LogP contribution >= 0.6 is 0 Å². The quantitative estimate of drug-likeness (QED) is 0.865. The standard InChI is InChI=1S/C13H18N2O2/c1-15(2)11(10-4-8-14-9-5-10)13(12(16)17)6-3-7-13/h4-5,8-9,11H,3,6-7H2,1-2H3,(H,16,17). The van der Waals surface area contributed by atoms with E-state index in [1.807, 2.05) is 31.1 Å². The number of aliphatic carboxylic acids is 1. The molecule has 17 heavy (non-hydrogen) atoms. The molecule has 1 unspecified atom stereocenters. The van der Waals surface area contributed by atoms with Gasteiger partial charge in [0.05, 0.1) is 11.5 Å². The topological polar surface area (TPSA) is 53.4 Å². The van der Waals surface area contributed by atoms with E-state index in [0.717, 1.165) is 24.8 Å². The summed E-state index contributed by atoms with van der Waals surface area (Å²) in [6.45, 7) is 0. The van der Waals surface area contributed by atoms with Crippen LogP contribution in [0.1, 0.15) is 30.9 Å². The molecule has 92 valence electrons. The first kappa shape index (κ1) is 12.0. The van der Waals surface area contributed by atoms with E-state index in [2.05, 4.69) is 4.98 Å². The zero-order valence-corrected chi connectivity index (χ0v) is 10.3. The summed E-state index contributed by atoms with van der Waals surface area (Å²) in [6, 6.07) is 3.75. The lowest BCUT2D eigenvalue weighted by atomic mass is 9.62. The molecule has 1 aromatic heterocycles. The second-order valence-electron chi connectivity index (χ2n) is 4.96. The van der Waals surface area contributed by atoms with Gasteiger partial charge in [-0.1, -0.05) is 6.42 Å². The molecule has 1 fully saturated rings. The average Bonchev–Trinajstić information content (AvgIpc) is 2.23. The van der Waals surface area contributed by atoms with Crippen molar-refractivity contribution < 1.29 is 9.90 Å². The first-order valence-electron chi connectivity index (χ1n) is 5.88. The van der Waals surface area contributed by atoms with Gasteiger partial charge in [0.1, 0.15) is 0 Å². The van der Waals surface area contributed by atoms with E-state index in [1.54, 1.807) is 12.4 Å². The summed E-state index contributed by atoms with van der Waals surface area (Å²) in [5.41, 5.74) is 0.414. The van der Waals surface area contributed by atoms with Crippen molar-refractivity contribution >= 4 is 5.97 Å². The third kappa shape index (κ3) is 1.93. The van der Waals surface area contributed by atoms with Crippen molar-refractivity contribution in [1.29, 1.82) is 0 Å². The van der Waals surface area contributed by atoms with Crippen molar-refractivity contribution in [3.63, 3.8) is 0 Å². The molecule has 1 heterocycles. The lowest BCUT2D eigenvalue weighted by molar-refractivity contribution is -0.161. The fourth-order valence-electron chi connectivity index (χ4n) is 2.82. The van der Waals surface area contributed by atoms with Crippen LogP contribution < -0.4 is 0 Å². The van der Waals surface area contributed by atoms with Gasteiger partial charge in [0.2, 0.25) is 0 Å². The van der Waals surface area contributed by atoms with E-state index in [4.69, 9.17) is 0 Å². The molecule has 4 nitrogen and oxygen atoms in total. The molecule has 0 aromatic carbocycles. The van der Waals surface area contributed by atoms with Gasteiger partial charge in [-0.25, -0.2) is 0 Å². The van der Waals surface area contributed by atoms with Gasteiger partial charge in [-0.05, 0) is 44.6 Å². The number of aromatic nitrogens is 1. The zero-order valence-electron chi connectivity index (χ0n) is 10.3. The van der Waals surface area contributed by atoms with Crippen LogP contribution in [-0.2, 0) is 4.79 Å². The average molecular weight is 234 g/mol. The van der Waals surface area contributed by atoms with Crippen LogP contribution in [-0.4, -0.2) is 35.1 Å². The highest BCUT2D eigenvalue weighted by Gasteiger charge is 2.52. The summed E-state index contributed by atoms with van der Waals surface area (Å²) in [7, 11) is 3.88. The lowest BCUT2D eigenvalue weighted by Crippen LogP contribution is -2.48. The summed E-state index contributed by atoms with van der Waals surface area (Å²) < 4.78 is 0. The Labute approximate surface area is 101 Å². The van der Waals surface area contributed by atoms with Gasteiger partial charge in [0.15, 0.2) is 0 Å². The van der Waals surface area contributed by atoms with Gasteiger partial charge < -0.3 is 10.0 Å². The number of nitrogens with zero attached hydrogens (tertiary/aromatic N) is 2. The Kier molecular flexibility index (Phi) is 3.15. The Morgan fingerprint density at radius 1 is 1.41 bits per heavy atom. The number of carbonyl (C=O) groups is 1. The predicted molar refractivity (Wildman–Crippen MR) is 64.6 cm³/mol. The summed E-state index contributed by atoms with van der Waals surface area (Å²) in [6.07, 6.45) is 5.96. The Hall–Kier alpha value is -1.42. The summed E-state index contributed by atoms with van der Waals surface area (Å²) in [5.74, 6) is -0.681. The van der Waals surface area contributed by atoms with Gasteiger partial charge in [-0.2, -0.15) is 0 Å². The van der Waals surface area contributed by atoms with Crippen molar-refractivity contribution in [1.82, 2.24) is 9.88 Å². The van der Waals surface area contributed by atoms with Gasteiger partial charge in [0.25, 0.3) is 0 Å². The second kappa shape index (κ2) is 4.45. The molecule has 4 heteroatoms. The molecule has 1 aromatic rings. The van der Waals surface area contributed by atoms with Crippen molar-refractivity contribution in [3.8, 4) is 0 Å². The highest BCUT2D eigenvalue weighted by atomic mass is 16.4. The van der Waals surface area contributed by atoms with Crippen LogP contribution in [0.25, 0.3) is 0 Å². The number of carboxylic acid groups (broad SMARTS) is 1. The van der Waals surface area contributed by atoms with Gasteiger partial charge in [-0.15, -0.1) is 0 Å². The number of rotatable bonds is 4. The van der Waals surface area contributed by atoms with Crippen LogP contribution in [0.2, 0.25) is 0 Å². The zero-order chi connectivity index (χ0) is 12.5. The Morgan fingerprint density at radius 3 is 2.35 bits per heavy atom. The van der Waals surface area contributed by atoms with Crippen LogP contribution in [0.15, 0.2) is 24.5 Å². The molecule has 1 aliphatic rings. The van der Waals surface area contributed by atoms with E-state index in [-0.39, 0.29) is 6.04 Å². The molecule has 1 aliphatic carbocycles. The first-order chi connectivity index (χ1) is 8.08. The molecule has 0 radical (unpaired) electrons. The smallest absolute Gasteiger partial charge is 0.311 e. The minimum Gasteiger partial charge on any atom is -0.481 e. The molecular weight excluding hydrogens is 216 g/mol. The van der Waals surface area contributed by atoms with Crippen molar-refractivity contribution in [3.05, 3.63) is 30.1 Å². The summed E-state index contributed by atoms with van der Waals surface area (Å²) in [5, 5.41) is 9.52. The summed E-state index contributed by atoms with van der Waals surface area (Å²) in [4.78, 5) is 17.6. The number of hydrogen-bond donors (Lipinski definition) is 1. The van der Waals surface area contributed by atoms with E-state index >= 15 is 0 Å². The molecule has 0 spiro atoms. The molecule has 0 bridgehead atoms. The maximum atomic E-state index is 11.6. The molecular formula is C13H18N2O2. The van der Waals surface area contributed by atoms with E-state index in [9.17, 15) is 9.90 Å². The minimum atomic E-state index is -0.681. The molecule has 0 aliphatic heterocycles. The maximum absolute atomic E-state index is 11.6. The largest absolute Gasteiger partial charge is 0.481 e. The van der Waals surface area contributed by atoms with E-state index in [1.165, 1.54) is 0 Å². The second-order valence-corrected chi connectivity index (χ2v) is 4.96. The number of hydrogen-bond acceptors (Lipinski definition) is 3. The fourth-order valence-corrected chi connectivity index (χ4v) is 2.82. The lowest BCUT2D eigenvalue weighted by Gasteiger charge is -2.47. The van der Waals surface area contributed by atoms with Crippen LogP contribution in [0.3, 0.4) is 0 Å². The molecule has 0 amide bonds. The Morgan fingerprint density at radius 2 is 2.00 bits per heavy atom. The normalized spacial score (nSPS) is 19.7. The monoisotopic (exact) mass is 234 g/mol. The predicted octanol–water partition coefficient (Wildman–Crippen LogP) is 1.94. The third-order valence-electron chi connectivity index (χ3n) is 3.73. The molecule has 1 saturated carbocycles. The van der Waals surface area contributed by atoms with Crippen LogP contribution in [0.4, 0.5) is 0 Å². The third-order valence-corrected chi connectivity index (χ3v) is 3.73. The summed E-state index contributed by atoms with van der Waals surface area (Å²) >= 11 is 0. The Bertz CT molecular complexity index is 399. The van der Waals surface area contributed by atoms with E-state index < -0.39 is 11.4 Å². The fraction of sp³-hybridized carbons (Fsp3) is 0.538. The first-order valence-corrected chi connectivity index (χ1v) is 5.88. The molecule has 2 rings (SSSR count). The minimum absolute atomic E-state index is 0.0725. The Balaban J connectivity index is 2.39. The van der Waals surface area contributed by atoms with Gasteiger partial charge in [0, 0.05) is 12.4 Å². The number of pyridine rings is 1. The molecule has 0 saturated heterocycles. The van der Waals surface area contributed by atoms with Crippen molar-refractivity contribution in [2.24, 2.45) is 5.41 Å². The highest BCUT2D eigenvalue weighted by Crippen LogP contribution is 2.52. The molecule has 1 atom stereocenters. The van der Waals surface area contributed by atoms with E-state index in [0.29, 0.717) is 0 Å². The maximum Gasteiger partial charge on any atom is 0.311 e. The van der Waals surface area contributed by atoms with Crippen molar-refractivity contribution in [2.45, 2.75) is 25.3 Å². The van der Waals surface area contributed by atoms with Crippen LogP contribution in [0, 0.1) is 5.41 Å². The SMILES string of the molecule is CN(C)C(c1ccncc1)C1(C(=O)O)CCC1. The van der Waals surface area contributed by atoms with Gasteiger partial charge in [-0.3, -0.25) is 9.78 Å². The molecule has 1 N–H and O–H groups in total. The number of carboxylic acids is 1. The highest BCUT2D eigenvalue weighted by molar-refractivity contribution is 5.77. The van der Waals surface area contributed by atoms with Crippen LogP contribution in [0.5, 0.6) is 0 Å². The van der Waals surface area contributed by atoms with Gasteiger partial charge >= 0.3 is 5.97 Å². The van der Waals surface area contributed by atoms with Crippen molar-refractivity contribution in [2.75, 3.05) is 14.1 Å².